The van der Waals surface area contributed by atoms with Crippen LogP contribution in [0.4, 0.5) is 0 Å². The van der Waals surface area contributed by atoms with Gasteiger partial charge in [-0.25, -0.2) is 9.78 Å². The third-order valence-electron chi connectivity index (χ3n) is 5.89. The fourth-order valence-electron chi connectivity index (χ4n) is 3.99. The molecule has 1 amide bonds. The highest BCUT2D eigenvalue weighted by Gasteiger charge is 2.17. The number of H-pyrrole nitrogens is 1. The first kappa shape index (κ1) is 24.0. The van der Waals surface area contributed by atoms with Crippen LogP contribution in [0.2, 0.25) is 0 Å². The van der Waals surface area contributed by atoms with E-state index in [4.69, 9.17) is 9.84 Å². The van der Waals surface area contributed by atoms with E-state index in [1.807, 2.05) is 53.9 Å². The molecule has 0 saturated heterocycles. The smallest absolute Gasteiger partial charge is 0.335 e. The van der Waals surface area contributed by atoms with Crippen molar-refractivity contribution < 1.29 is 19.4 Å². The van der Waals surface area contributed by atoms with E-state index in [2.05, 4.69) is 15.3 Å². The number of aromatic amines is 1. The van der Waals surface area contributed by atoms with E-state index in [9.17, 15) is 14.4 Å². The molecule has 8 nitrogen and oxygen atoms in total. The molecule has 184 valence electrons. The monoisotopic (exact) mass is 511 g/mol. The molecule has 0 bridgehead atoms. The van der Waals surface area contributed by atoms with Gasteiger partial charge in [0.05, 0.1) is 18.1 Å². The number of aromatic nitrogens is 2. The second kappa shape index (κ2) is 10.1. The van der Waals surface area contributed by atoms with Crippen LogP contribution in [0.5, 0.6) is 5.75 Å². The number of carboxylic acid groups (broad SMARTS) is 1. The average molecular weight is 512 g/mol. The minimum atomic E-state index is -0.981. The minimum absolute atomic E-state index is 0.0546. The average Bonchev–Trinajstić information content (AvgIpc) is 3.37. The van der Waals surface area contributed by atoms with Gasteiger partial charge in [-0.05, 0) is 52.6 Å². The van der Waals surface area contributed by atoms with Gasteiger partial charge in [0, 0.05) is 17.5 Å². The molecule has 0 fully saturated rings. The van der Waals surface area contributed by atoms with E-state index in [1.54, 1.807) is 31.4 Å². The molecule has 3 N–H and O–H groups in total. The standard InChI is InChI=1S/C28H21N3O5S/c1-36-21-7-2-4-16(12-21)14-29-26(33)24-30-25(32)23-22(15-37-27(23)31-24)20-6-3-5-19(13-20)17-8-10-18(11-9-17)28(34)35/h2-13,15H,14H2,1H3,(H,29,33)(H,34,35)(H,30,31,32). The van der Waals surface area contributed by atoms with Gasteiger partial charge in [-0.3, -0.25) is 9.59 Å². The van der Waals surface area contributed by atoms with Crippen molar-refractivity contribution in [2.24, 2.45) is 0 Å². The van der Waals surface area contributed by atoms with Gasteiger partial charge in [0.2, 0.25) is 5.82 Å². The molecule has 0 spiro atoms. The van der Waals surface area contributed by atoms with Crippen LogP contribution in [0.1, 0.15) is 26.5 Å². The Hall–Kier alpha value is -4.76. The van der Waals surface area contributed by atoms with Crippen LogP contribution in [0.25, 0.3) is 32.5 Å². The number of nitrogens with zero attached hydrogens (tertiary/aromatic N) is 1. The van der Waals surface area contributed by atoms with Crippen LogP contribution in [-0.2, 0) is 6.54 Å². The summed E-state index contributed by atoms with van der Waals surface area (Å²) in [5, 5.41) is 14.2. The Balaban J connectivity index is 1.41. The summed E-state index contributed by atoms with van der Waals surface area (Å²) in [5.41, 5.74) is 3.93. The Labute approximate surface area is 215 Å². The summed E-state index contributed by atoms with van der Waals surface area (Å²) >= 11 is 1.29. The summed E-state index contributed by atoms with van der Waals surface area (Å²) in [7, 11) is 1.58. The Morgan fingerprint density at radius 2 is 1.76 bits per heavy atom. The quantitative estimate of drug-likeness (QED) is 0.284. The lowest BCUT2D eigenvalue weighted by Crippen LogP contribution is -2.27. The number of fused-ring (bicyclic) bond motifs is 1. The molecule has 0 aliphatic rings. The van der Waals surface area contributed by atoms with E-state index in [1.165, 1.54) is 11.3 Å². The molecular weight excluding hydrogens is 490 g/mol. The Morgan fingerprint density at radius 3 is 2.51 bits per heavy atom. The Bertz CT molecular complexity index is 1690. The van der Waals surface area contributed by atoms with Gasteiger partial charge in [-0.2, -0.15) is 0 Å². The number of nitrogens with one attached hydrogen (secondary N) is 2. The fraction of sp³-hybridized carbons (Fsp3) is 0.0714. The zero-order chi connectivity index (χ0) is 25.9. The van der Waals surface area contributed by atoms with Crippen LogP contribution in [0.3, 0.4) is 0 Å². The first-order valence-electron chi connectivity index (χ1n) is 11.3. The van der Waals surface area contributed by atoms with Gasteiger partial charge in [0.15, 0.2) is 0 Å². The molecule has 37 heavy (non-hydrogen) atoms. The van der Waals surface area contributed by atoms with E-state index in [0.717, 1.165) is 22.3 Å². The van der Waals surface area contributed by atoms with Gasteiger partial charge >= 0.3 is 5.97 Å². The Kier molecular flexibility index (Phi) is 6.53. The van der Waals surface area contributed by atoms with Gasteiger partial charge in [0.1, 0.15) is 10.6 Å². The number of benzene rings is 3. The van der Waals surface area contributed by atoms with Crippen LogP contribution in [-0.4, -0.2) is 34.1 Å². The van der Waals surface area contributed by atoms with Gasteiger partial charge in [-0.15, -0.1) is 11.3 Å². The molecule has 0 unspecified atom stereocenters. The van der Waals surface area contributed by atoms with Crippen LogP contribution in [0.15, 0.2) is 83.0 Å². The zero-order valence-electron chi connectivity index (χ0n) is 19.6. The normalized spacial score (nSPS) is 10.8. The lowest BCUT2D eigenvalue weighted by molar-refractivity contribution is 0.0696. The number of rotatable bonds is 7. The number of thiophene rings is 1. The molecule has 2 aromatic heterocycles. The largest absolute Gasteiger partial charge is 0.497 e. The van der Waals surface area contributed by atoms with E-state index in [-0.39, 0.29) is 17.9 Å². The zero-order valence-corrected chi connectivity index (χ0v) is 20.5. The number of carbonyl (C=O) groups is 2. The number of amides is 1. The maximum atomic E-state index is 13.0. The third-order valence-corrected chi connectivity index (χ3v) is 6.76. The highest BCUT2D eigenvalue weighted by molar-refractivity contribution is 7.17. The minimum Gasteiger partial charge on any atom is -0.497 e. The lowest BCUT2D eigenvalue weighted by atomic mass is 9.98. The number of carboxylic acids is 1. The highest BCUT2D eigenvalue weighted by atomic mass is 32.1. The predicted octanol–water partition coefficient (Wildman–Crippen LogP) is 4.96. The second-order valence-corrected chi connectivity index (χ2v) is 9.10. The SMILES string of the molecule is COc1cccc(CNC(=O)c2nc3scc(-c4cccc(-c5ccc(C(=O)O)cc5)c4)c3c(=O)[nH]2)c1. The summed E-state index contributed by atoms with van der Waals surface area (Å²) in [6.07, 6.45) is 0. The van der Waals surface area contributed by atoms with E-state index < -0.39 is 17.4 Å². The molecule has 0 aliphatic carbocycles. The number of ether oxygens (including phenoxy) is 1. The number of hydrogen-bond acceptors (Lipinski definition) is 6. The summed E-state index contributed by atoms with van der Waals surface area (Å²) < 4.78 is 5.20. The second-order valence-electron chi connectivity index (χ2n) is 8.24. The number of carbonyl (C=O) groups excluding carboxylic acids is 1. The van der Waals surface area contributed by atoms with Crippen molar-refractivity contribution in [2.45, 2.75) is 6.54 Å². The van der Waals surface area contributed by atoms with Crippen molar-refractivity contribution in [1.82, 2.24) is 15.3 Å². The molecule has 0 saturated carbocycles. The summed E-state index contributed by atoms with van der Waals surface area (Å²) in [6.45, 7) is 0.258. The summed E-state index contributed by atoms with van der Waals surface area (Å²) in [4.78, 5) is 44.4. The molecule has 3 aromatic carbocycles. The van der Waals surface area contributed by atoms with Crippen molar-refractivity contribution in [1.29, 1.82) is 0 Å². The van der Waals surface area contributed by atoms with E-state index >= 15 is 0 Å². The van der Waals surface area contributed by atoms with Crippen LogP contribution < -0.4 is 15.6 Å². The molecule has 0 aliphatic heterocycles. The first-order chi connectivity index (χ1) is 17.9. The third kappa shape index (κ3) is 4.98. The number of hydrogen-bond donors (Lipinski definition) is 3. The molecule has 0 atom stereocenters. The molecule has 5 rings (SSSR count). The van der Waals surface area contributed by atoms with Gasteiger partial charge in [-0.1, -0.05) is 42.5 Å². The molecule has 9 heteroatoms. The number of methoxy groups -OCH3 is 1. The van der Waals surface area contributed by atoms with Crippen LogP contribution in [0, 0.1) is 0 Å². The highest BCUT2D eigenvalue weighted by Crippen LogP contribution is 2.33. The van der Waals surface area contributed by atoms with Crippen molar-refractivity contribution in [3.05, 3.63) is 105 Å². The topological polar surface area (TPSA) is 121 Å². The maximum absolute atomic E-state index is 13.0. The van der Waals surface area contributed by atoms with Crippen molar-refractivity contribution in [2.75, 3.05) is 7.11 Å². The van der Waals surface area contributed by atoms with Crippen LogP contribution >= 0.6 is 11.3 Å². The van der Waals surface area contributed by atoms with Crippen molar-refractivity contribution >= 4 is 33.4 Å². The van der Waals surface area contributed by atoms with Crippen molar-refractivity contribution in [3.8, 4) is 28.0 Å². The molecule has 2 heterocycles. The van der Waals surface area contributed by atoms with Gasteiger partial charge < -0.3 is 20.1 Å². The fourth-order valence-corrected chi connectivity index (χ4v) is 4.94. The first-order valence-corrected chi connectivity index (χ1v) is 12.2. The molecular formula is C28H21N3O5S. The lowest BCUT2D eigenvalue weighted by Gasteiger charge is -2.07. The molecule has 0 radical (unpaired) electrons. The van der Waals surface area contributed by atoms with Gasteiger partial charge in [0.25, 0.3) is 11.5 Å². The predicted molar refractivity (Wildman–Crippen MR) is 142 cm³/mol. The van der Waals surface area contributed by atoms with Crippen molar-refractivity contribution in [3.63, 3.8) is 0 Å². The number of aromatic carboxylic acids is 1. The summed E-state index contributed by atoms with van der Waals surface area (Å²) in [6, 6.07) is 21.6. The summed E-state index contributed by atoms with van der Waals surface area (Å²) in [5.74, 6) is -0.832. The molecule has 5 aromatic rings. The van der Waals surface area contributed by atoms with E-state index in [0.29, 0.717) is 21.5 Å². The maximum Gasteiger partial charge on any atom is 0.335 e. The Morgan fingerprint density at radius 1 is 1.00 bits per heavy atom.